The van der Waals surface area contributed by atoms with Gasteiger partial charge in [0, 0.05) is 19.0 Å². The molecule has 0 fully saturated rings. The van der Waals surface area contributed by atoms with Crippen molar-refractivity contribution in [3.05, 3.63) is 59.7 Å². The lowest BCUT2D eigenvalue weighted by atomic mass is 9.99. The molecule has 0 aliphatic heterocycles. The Morgan fingerprint density at radius 2 is 1.36 bits per heavy atom. The first-order valence-electron chi connectivity index (χ1n) is 13.0. The Kier molecular flexibility index (Phi) is 12.8. The molecule has 4 heteroatoms. The maximum Gasteiger partial charge on any atom is 0.223 e. The number of amides is 1. The molecule has 0 aliphatic rings. The monoisotopic (exact) mass is 451 g/mol. The number of carbonyl (C=O) groups is 1. The number of nitrogens with zero attached hydrogens (tertiary/aromatic N) is 1. The molecular formula is C29H45N3O. The maximum absolute atomic E-state index is 13.0. The summed E-state index contributed by atoms with van der Waals surface area (Å²) in [6, 6.07) is 17.9. The van der Waals surface area contributed by atoms with Gasteiger partial charge in [-0.3, -0.25) is 4.79 Å². The van der Waals surface area contributed by atoms with E-state index in [1.165, 1.54) is 41.5 Å². The van der Waals surface area contributed by atoms with Gasteiger partial charge in [0.15, 0.2) is 0 Å². The van der Waals surface area contributed by atoms with Crippen LogP contribution in [0.1, 0.15) is 76.3 Å². The second-order valence-electron chi connectivity index (χ2n) is 9.21. The van der Waals surface area contributed by atoms with Crippen LogP contribution in [0.15, 0.2) is 48.5 Å². The molecule has 0 radical (unpaired) electrons. The van der Waals surface area contributed by atoms with E-state index in [4.69, 9.17) is 11.5 Å². The van der Waals surface area contributed by atoms with E-state index in [9.17, 15) is 4.79 Å². The molecule has 2 aromatic carbocycles. The van der Waals surface area contributed by atoms with Gasteiger partial charge in [0.05, 0.1) is 0 Å². The zero-order chi connectivity index (χ0) is 23.9. The third-order valence-electron chi connectivity index (χ3n) is 6.47. The molecule has 0 bridgehead atoms. The fourth-order valence-electron chi connectivity index (χ4n) is 4.29. The number of aryl methyl sites for hydroxylation is 2. The van der Waals surface area contributed by atoms with Crippen LogP contribution in [0.25, 0.3) is 11.1 Å². The molecule has 2 rings (SSSR count). The first kappa shape index (κ1) is 27.1. The summed E-state index contributed by atoms with van der Waals surface area (Å²) in [7, 11) is 0. The molecule has 182 valence electrons. The van der Waals surface area contributed by atoms with E-state index in [-0.39, 0.29) is 11.9 Å². The van der Waals surface area contributed by atoms with Crippen molar-refractivity contribution in [3.8, 4) is 11.1 Å². The summed E-state index contributed by atoms with van der Waals surface area (Å²) in [6.07, 6.45) is 10.2. The van der Waals surface area contributed by atoms with Crippen LogP contribution >= 0.6 is 0 Å². The topological polar surface area (TPSA) is 72.3 Å². The molecule has 0 saturated heterocycles. The van der Waals surface area contributed by atoms with Crippen LogP contribution in [0.5, 0.6) is 0 Å². The predicted octanol–water partition coefficient (Wildman–Crippen LogP) is 5.71. The highest BCUT2D eigenvalue weighted by Crippen LogP contribution is 2.22. The molecule has 0 spiro atoms. The van der Waals surface area contributed by atoms with Gasteiger partial charge in [0.2, 0.25) is 5.91 Å². The Bertz CT molecular complexity index is 786. The van der Waals surface area contributed by atoms with Crippen LogP contribution < -0.4 is 11.5 Å². The Morgan fingerprint density at radius 3 is 1.91 bits per heavy atom. The fourth-order valence-corrected chi connectivity index (χ4v) is 4.29. The molecule has 1 atom stereocenters. The average molecular weight is 452 g/mol. The lowest BCUT2D eigenvalue weighted by molar-refractivity contribution is -0.133. The lowest BCUT2D eigenvalue weighted by Gasteiger charge is -2.29. The summed E-state index contributed by atoms with van der Waals surface area (Å²) >= 11 is 0. The summed E-state index contributed by atoms with van der Waals surface area (Å²) < 4.78 is 0. The van der Waals surface area contributed by atoms with E-state index in [0.29, 0.717) is 19.5 Å². The minimum Gasteiger partial charge on any atom is -0.340 e. The zero-order valence-corrected chi connectivity index (χ0v) is 20.9. The molecule has 0 saturated carbocycles. The van der Waals surface area contributed by atoms with Crippen molar-refractivity contribution in [1.29, 1.82) is 0 Å². The molecule has 1 amide bonds. The van der Waals surface area contributed by atoms with E-state index in [0.717, 1.165) is 45.1 Å². The van der Waals surface area contributed by atoms with Crippen molar-refractivity contribution in [2.75, 3.05) is 19.6 Å². The Morgan fingerprint density at radius 1 is 0.788 bits per heavy atom. The minimum absolute atomic E-state index is 0.228. The predicted molar refractivity (Wildman–Crippen MR) is 141 cm³/mol. The summed E-state index contributed by atoms with van der Waals surface area (Å²) in [4.78, 5) is 15.0. The van der Waals surface area contributed by atoms with Gasteiger partial charge < -0.3 is 16.4 Å². The Balaban J connectivity index is 1.90. The molecule has 4 nitrogen and oxygen atoms in total. The quantitative estimate of drug-likeness (QED) is 0.321. The van der Waals surface area contributed by atoms with Crippen LogP contribution in [0.3, 0.4) is 0 Å². The zero-order valence-electron chi connectivity index (χ0n) is 20.9. The van der Waals surface area contributed by atoms with E-state index in [2.05, 4.69) is 62.4 Å². The molecule has 33 heavy (non-hydrogen) atoms. The van der Waals surface area contributed by atoms with Crippen molar-refractivity contribution in [3.63, 3.8) is 0 Å². The van der Waals surface area contributed by atoms with E-state index < -0.39 is 0 Å². The fraction of sp³-hybridized carbons (Fsp3) is 0.552. The van der Waals surface area contributed by atoms with Gasteiger partial charge in [-0.05, 0) is 80.8 Å². The minimum atomic E-state index is 0.228. The SMILES string of the molecule is CCCCCc1ccc(-c2ccc(CCC(=O)N(CCCN)[C@H](C)CCCCN)cc2)cc1. The Hall–Kier alpha value is -2.17. The molecule has 0 unspecified atom stereocenters. The number of hydrogen-bond donors (Lipinski definition) is 2. The smallest absolute Gasteiger partial charge is 0.223 e. The number of rotatable bonds is 16. The van der Waals surface area contributed by atoms with Gasteiger partial charge in [0.1, 0.15) is 0 Å². The third kappa shape index (κ3) is 9.69. The van der Waals surface area contributed by atoms with E-state index >= 15 is 0 Å². The Labute approximate surface area is 201 Å². The van der Waals surface area contributed by atoms with Crippen molar-refractivity contribution in [2.24, 2.45) is 11.5 Å². The number of carbonyl (C=O) groups excluding carboxylic acids is 1. The number of hydrogen-bond acceptors (Lipinski definition) is 3. The summed E-state index contributed by atoms with van der Waals surface area (Å²) in [6.45, 7) is 6.45. The van der Waals surface area contributed by atoms with E-state index in [1.54, 1.807) is 0 Å². The molecule has 2 aromatic rings. The van der Waals surface area contributed by atoms with Gasteiger partial charge in [-0.2, -0.15) is 0 Å². The van der Waals surface area contributed by atoms with Gasteiger partial charge in [0.25, 0.3) is 0 Å². The van der Waals surface area contributed by atoms with Crippen LogP contribution in [0.2, 0.25) is 0 Å². The molecule has 0 aliphatic carbocycles. The van der Waals surface area contributed by atoms with Crippen molar-refractivity contribution in [1.82, 2.24) is 4.90 Å². The van der Waals surface area contributed by atoms with Crippen molar-refractivity contribution >= 4 is 5.91 Å². The second-order valence-corrected chi connectivity index (χ2v) is 9.21. The molecule has 0 aromatic heterocycles. The van der Waals surface area contributed by atoms with Gasteiger partial charge in [-0.15, -0.1) is 0 Å². The molecule has 0 heterocycles. The lowest BCUT2D eigenvalue weighted by Crippen LogP contribution is -2.40. The highest BCUT2D eigenvalue weighted by molar-refractivity contribution is 5.76. The molecular weight excluding hydrogens is 406 g/mol. The second kappa shape index (κ2) is 15.6. The average Bonchev–Trinajstić information content (AvgIpc) is 2.84. The summed E-state index contributed by atoms with van der Waals surface area (Å²) in [5, 5.41) is 0. The summed E-state index contributed by atoms with van der Waals surface area (Å²) in [5.74, 6) is 0.228. The largest absolute Gasteiger partial charge is 0.340 e. The molecule has 4 N–H and O–H groups in total. The van der Waals surface area contributed by atoms with Crippen LogP contribution in [0, 0.1) is 0 Å². The third-order valence-corrected chi connectivity index (χ3v) is 6.47. The van der Waals surface area contributed by atoms with Crippen LogP contribution in [0.4, 0.5) is 0 Å². The first-order valence-corrected chi connectivity index (χ1v) is 13.0. The highest BCUT2D eigenvalue weighted by Gasteiger charge is 2.19. The van der Waals surface area contributed by atoms with E-state index in [1.807, 2.05) is 4.90 Å². The van der Waals surface area contributed by atoms with Gasteiger partial charge >= 0.3 is 0 Å². The standard InChI is InChI=1S/C29H45N3O/c1-3-4-5-10-25-11-16-27(17-12-25)28-18-13-26(14-19-28)15-20-29(33)32(23-8-22-31)24(2)9-6-7-21-30/h11-14,16-19,24H,3-10,15,20-23,30-31H2,1-2H3/t24-/m1/s1. The first-order chi connectivity index (χ1) is 16.1. The normalized spacial score (nSPS) is 12.0. The maximum atomic E-state index is 13.0. The van der Waals surface area contributed by atoms with Crippen molar-refractivity contribution in [2.45, 2.75) is 84.1 Å². The number of benzene rings is 2. The van der Waals surface area contributed by atoms with Gasteiger partial charge in [-0.25, -0.2) is 0 Å². The van der Waals surface area contributed by atoms with Crippen molar-refractivity contribution < 1.29 is 4.79 Å². The summed E-state index contributed by atoms with van der Waals surface area (Å²) in [5.41, 5.74) is 16.4. The van der Waals surface area contributed by atoms with Crippen LogP contribution in [-0.2, 0) is 17.6 Å². The highest BCUT2D eigenvalue weighted by atomic mass is 16.2. The van der Waals surface area contributed by atoms with Gasteiger partial charge in [-0.1, -0.05) is 74.7 Å². The number of nitrogens with two attached hydrogens (primary N) is 2. The number of unbranched alkanes of at least 4 members (excludes halogenated alkanes) is 3. The van der Waals surface area contributed by atoms with Crippen LogP contribution in [-0.4, -0.2) is 36.5 Å².